The molecule has 0 saturated heterocycles. The molecule has 6 heteroatoms. The molecule has 22 heavy (non-hydrogen) atoms. The highest BCUT2D eigenvalue weighted by atomic mass is 32.1. The van der Waals surface area contributed by atoms with Gasteiger partial charge in [-0.15, -0.1) is 11.3 Å². The number of thiophene rings is 1. The Kier molecular flexibility index (Phi) is 4.20. The van der Waals surface area contributed by atoms with E-state index >= 15 is 0 Å². The Bertz CT molecular complexity index is 677. The zero-order chi connectivity index (χ0) is 15.7. The Balaban J connectivity index is 1.84. The summed E-state index contributed by atoms with van der Waals surface area (Å²) in [6, 6.07) is 4.14. The topological polar surface area (TPSA) is 81.2 Å². The summed E-state index contributed by atoms with van der Waals surface area (Å²) in [5, 5.41) is 7.10. The van der Waals surface area contributed by atoms with E-state index in [1.165, 1.54) is 6.42 Å². The second-order valence-corrected chi connectivity index (χ2v) is 7.31. The van der Waals surface area contributed by atoms with Gasteiger partial charge in [0, 0.05) is 10.9 Å². The number of aromatic nitrogens is 1. The lowest BCUT2D eigenvalue weighted by Gasteiger charge is -2.29. The van der Waals surface area contributed by atoms with E-state index in [4.69, 9.17) is 10.3 Å². The van der Waals surface area contributed by atoms with Crippen LogP contribution in [0.15, 0.2) is 16.7 Å². The minimum absolute atomic E-state index is 0.0852. The molecule has 0 aliphatic heterocycles. The molecule has 1 aliphatic carbocycles. The lowest BCUT2D eigenvalue weighted by atomic mass is 9.86. The third kappa shape index (κ3) is 2.88. The predicted octanol–water partition coefficient (Wildman–Crippen LogP) is 3.60. The number of nitrogens with two attached hydrogens (primary N) is 1. The molecule has 2 aromatic rings. The van der Waals surface area contributed by atoms with Crippen molar-refractivity contribution in [1.29, 1.82) is 0 Å². The number of hydrogen-bond acceptors (Lipinski definition) is 5. The molecule has 2 unspecified atom stereocenters. The van der Waals surface area contributed by atoms with Gasteiger partial charge in [0.2, 0.25) is 5.88 Å². The molecule has 2 aromatic heterocycles. The van der Waals surface area contributed by atoms with Crippen LogP contribution in [0.25, 0.3) is 10.6 Å². The summed E-state index contributed by atoms with van der Waals surface area (Å²) >= 11 is 1.57. The highest BCUT2D eigenvalue weighted by Gasteiger charge is 2.28. The fraction of sp³-hybridized carbons (Fsp3) is 0.500. The monoisotopic (exact) mass is 319 g/mol. The molecule has 1 fully saturated rings. The van der Waals surface area contributed by atoms with Crippen molar-refractivity contribution in [3.05, 3.63) is 22.6 Å². The minimum Gasteiger partial charge on any atom is -0.367 e. The van der Waals surface area contributed by atoms with E-state index in [0.29, 0.717) is 17.2 Å². The molecule has 1 saturated carbocycles. The number of carbonyl (C=O) groups excluding carboxylic acids is 1. The van der Waals surface area contributed by atoms with Crippen LogP contribution in [0.2, 0.25) is 0 Å². The van der Waals surface area contributed by atoms with Gasteiger partial charge >= 0.3 is 0 Å². The number of anilines is 1. The van der Waals surface area contributed by atoms with Crippen LogP contribution >= 0.6 is 11.3 Å². The summed E-state index contributed by atoms with van der Waals surface area (Å²) in [6.07, 6.45) is 4.57. The first kappa shape index (κ1) is 15.1. The van der Waals surface area contributed by atoms with E-state index in [9.17, 15) is 4.79 Å². The first-order valence-electron chi connectivity index (χ1n) is 7.69. The molecule has 5 nitrogen and oxygen atoms in total. The zero-order valence-corrected chi connectivity index (χ0v) is 13.7. The fourth-order valence-corrected chi connectivity index (χ4v) is 3.88. The van der Waals surface area contributed by atoms with Crippen molar-refractivity contribution >= 4 is 23.1 Å². The normalized spacial score (nSPS) is 21.7. The smallest absolute Gasteiger partial charge is 0.259 e. The molecule has 1 amide bonds. The number of hydrogen-bond donors (Lipinski definition) is 2. The van der Waals surface area contributed by atoms with E-state index in [0.717, 1.165) is 29.0 Å². The van der Waals surface area contributed by atoms with Crippen LogP contribution in [0.1, 0.15) is 47.8 Å². The third-order valence-corrected chi connectivity index (χ3v) is 5.35. The van der Waals surface area contributed by atoms with Gasteiger partial charge in [-0.2, -0.15) is 0 Å². The van der Waals surface area contributed by atoms with E-state index in [1.54, 1.807) is 11.3 Å². The molecule has 0 bridgehead atoms. The van der Waals surface area contributed by atoms with Gasteiger partial charge in [-0.3, -0.25) is 4.79 Å². The Morgan fingerprint density at radius 2 is 2.18 bits per heavy atom. The van der Waals surface area contributed by atoms with E-state index in [1.807, 2.05) is 19.1 Å². The van der Waals surface area contributed by atoms with Crippen molar-refractivity contribution < 1.29 is 9.32 Å². The quantitative estimate of drug-likeness (QED) is 0.905. The number of nitrogen functional groups attached to an aromatic ring is 1. The van der Waals surface area contributed by atoms with Gasteiger partial charge in [0.15, 0.2) is 0 Å². The highest BCUT2D eigenvalue weighted by Crippen LogP contribution is 2.33. The Hall–Kier alpha value is -1.82. The maximum atomic E-state index is 12.7. The average Bonchev–Trinajstić information content (AvgIpc) is 3.07. The lowest BCUT2D eigenvalue weighted by molar-refractivity contribution is 0.0911. The van der Waals surface area contributed by atoms with Crippen molar-refractivity contribution in [1.82, 2.24) is 10.5 Å². The van der Waals surface area contributed by atoms with Crippen LogP contribution in [0, 0.1) is 12.8 Å². The largest absolute Gasteiger partial charge is 0.367 e. The SMILES string of the molecule is Cc1ccc(-c2noc(N)c2C(=O)NC2CCCCC2C)s1. The number of nitrogens with zero attached hydrogens (tertiary/aromatic N) is 1. The molecule has 0 aromatic carbocycles. The maximum absolute atomic E-state index is 12.7. The van der Waals surface area contributed by atoms with Crippen molar-refractivity contribution in [2.75, 3.05) is 5.73 Å². The second kappa shape index (κ2) is 6.12. The molecule has 0 radical (unpaired) electrons. The van der Waals surface area contributed by atoms with E-state index in [2.05, 4.69) is 17.4 Å². The Morgan fingerprint density at radius 1 is 1.41 bits per heavy atom. The minimum atomic E-state index is -0.182. The van der Waals surface area contributed by atoms with Crippen LogP contribution in [0.5, 0.6) is 0 Å². The fourth-order valence-electron chi connectivity index (χ4n) is 3.02. The first-order valence-corrected chi connectivity index (χ1v) is 8.50. The molecule has 3 rings (SSSR count). The summed E-state index contributed by atoms with van der Waals surface area (Å²) in [6.45, 7) is 4.20. The van der Waals surface area contributed by atoms with Crippen LogP contribution in [-0.4, -0.2) is 17.1 Å². The number of aryl methyl sites for hydroxylation is 1. The number of nitrogens with one attached hydrogen (secondary N) is 1. The summed E-state index contributed by atoms with van der Waals surface area (Å²) in [5.74, 6) is 0.395. The molecule has 118 valence electrons. The summed E-state index contributed by atoms with van der Waals surface area (Å²) < 4.78 is 5.07. The van der Waals surface area contributed by atoms with Gasteiger partial charge in [0.25, 0.3) is 5.91 Å². The molecule has 3 N–H and O–H groups in total. The Morgan fingerprint density at radius 3 is 2.86 bits per heavy atom. The molecule has 2 heterocycles. The number of amides is 1. The van der Waals surface area contributed by atoms with Gasteiger partial charge < -0.3 is 15.6 Å². The van der Waals surface area contributed by atoms with Crippen LogP contribution in [-0.2, 0) is 0 Å². The lowest BCUT2D eigenvalue weighted by Crippen LogP contribution is -2.41. The number of carbonyl (C=O) groups is 1. The van der Waals surface area contributed by atoms with Gasteiger partial charge in [-0.25, -0.2) is 0 Å². The van der Waals surface area contributed by atoms with Crippen molar-refractivity contribution in [2.24, 2.45) is 5.92 Å². The highest BCUT2D eigenvalue weighted by molar-refractivity contribution is 7.15. The predicted molar refractivity (Wildman–Crippen MR) is 87.9 cm³/mol. The van der Waals surface area contributed by atoms with E-state index in [-0.39, 0.29) is 17.8 Å². The van der Waals surface area contributed by atoms with Crippen LogP contribution in [0.4, 0.5) is 5.88 Å². The van der Waals surface area contributed by atoms with Crippen LogP contribution in [0.3, 0.4) is 0 Å². The first-order chi connectivity index (χ1) is 10.6. The van der Waals surface area contributed by atoms with Crippen molar-refractivity contribution in [3.8, 4) is 10.6 Å². The summed E-state index contributed by atoms with van der Waals surface area (Å²) in [5.41, 5.74) is 6.74. The van der Waals surface area contributed by atoms with Gasteiger partial charge in [-0.1, -0.05) is 24.9 Å². The van der Waals surface area contributed by atoms with Crippen molar-refractivity contribution in [2.45, 2.75) is 45.6 Å². The van der Waals surface area contributed by atoms with Gasteiger partial charge in [0.05, 0.1) is 4.88 Å². The molecular formula is C16H21N3O2S. The van der Waals surface area contributed by atoms with Crippen molar-refractivity contribution in [3.63, 3.8) is 0 Å². The summed E-state index contributed by atoms with van der Waals surface area (Å²) in [4.78, 5) is 14.7. The summed E-state index contributed by atoms with van der Waals surface area (Å²) in [7, 11) is 0. The van der Waals surface area contributed by atoms with E-state index < -0.39 is 0 Å². The van der Waals surface area contributed by atoms with Gasteiger partial charge in [-0.05, 0) is 37.8 Å². The second-order valence-electron chi connectivity index (χ2n) is 6.02. The Labute approximate surface area is 133 Å². The molecule has 2 atom stereocenters. The average molecular weight is 319 g/mol. The van der Waals surface area contributed by atoms with Crippen LogP contribution < -0.4 is 11.1 Å². The molecular weight excluding hydrogens is 298 g/mol. The maximum Gasteiger partial charge on any atom is 0.259 e. The van der Waals surface area contributed by atoms with Gasteiger partial charge in [0.1, 0.15) is 11.3 Å². The standard InChI is InChI=1S/C16H21N3O2S/c1-9-5-3-4-6-11(9)18-16(20)13-14(19-21-15(13)17)12-8-7-10(2)22-12/h7-9,11H,3-6,17H2,1-2H3,(H,18,20). The number of rotatable bonds is 3. The zero-order valence-electron chi connectivity index (χ0n) is 12.9. The molecule has 0 spiro atoms. The third-order valence-electron chi connectivity index (χ3n) is 4.35. The molecule has 1 aliphatic rings.